The Balaban J connectivity index is 1.58. The second kappa shape index (κ2) is 10.00. The Morgan fingerprint density at radius 1 is 1.06 bits per heavy atom. The second-order valence-electron chi connectivity index (χ2n) is 8.94. The maximum absolute atomic E-state index is 13.5. The number of nitrogens with one attached hydrogen (secondary N) is 1. The molecule has 0 spiro atoms. The molecule has 3 aromatic rings. The first-order valence-corrected chi connectivity index (χ1v) is 11.5. The summed E-state index contributed by atoms with van der Waals surface area (Å²) in [6, 6.07) is 9.31. The van der Waals surface area contributed by atoms with Crippen molar-refractivity contribution in [2.75, 3.05) is 5.32 Å². The van der Waals surface area contributed by atoms with Crippen molar-refractivity contribution in [1.29, 1.82) is 0 Å². The number of ether oxygens (including phenoxy) is 1. The number of carbonyl (C=O) groups is 1. The minimum Gasteiger partial charge on any atom is -0.457 e. The third kappa shape index (κ3) is 5.84. The Morgan fingerprint density at radius 3 is 2.39 bits per heavy atom. The average molecular weight is 502 g/mol. The van der Waals surface area contributed by atoms with Gasteiger partial charge in [0.15, 0.2) is 5.69 Å². The van der Waals surface area contributed by atoms with E-state index >= 15 is 0 Å². The zero-order chi connectivity index (χ0) is 26.0. The fourth-order valence-corrected chi connectivity index (χ4v) is 4.49. The Hall–Kier alpha value is -3.89. The zero-order valence-electron chi connectivity index (χ0n) is 19.8. The highest BCUT2D eigenvalue weighted by Gasteiger charge is 2.39. The number of alkyl halides is 3. The Labute approximate surface area is 205 Å². The van der Waals surface area contributed by atoms with Gasteiger partial charge >= 0.3 is 6.18 Å². The van der Waals surface area contributed by atoms with Gasteiger partial charge in [0.2, 0.25) is 5.91 Å². The monoisotopic (exact) mass is 502 g/mol. The molecule has 8 nitrogen and oxygen atoms in total. The number of aromatic nitrogens is 2. The number of anilines is 1. The topological polar surface area (TPSA) is 99.3 Å². The highest BCUT2D eigenvalue weighted by molar-refractivity contribution is 5.91. The third-order valence-electron chi connectivity index (χ3n) is 5.89. The van der Waals surface area contributed by atoms with Crippen molar-refractivity contribution < 1.29 is 27.6 Å². The molecule has 1 aliphatic rings. The van der Waals surface area contributed by atoms with Crippen molar-refractivity contribution in [2.45, 2.75) is 58.7 Å². The maximum Gasteiger partial charge on any atom is 0.435 e. The molecule has 0 atom stereocenters. The van der Waals surface area contributed by atoms with Gasteiger partial charge < -0.3 is 10.1 Å². The second-order valence-corrected chi connectivity index (χ2v) is 8.94. The summed E-state index contributed by atoms with van der Waals surface area (Å²) in [5.74, 6) is -0.0443. The van der Waals surface area contributed by atoms with Crippen LogP contribution in [0.2, 0.25) is 0 Å². The number of non-ortho nitro benzene ring substituents is 1. The molecule has 4 rings (SSSR count). The van der Waals surface area contributed by atoms with Gasteiger partial charge in [-0.1, -0.05) is 12.5 Å². The van der Waals surface area contributed by atoms with Gasteiger partial charge in [0.1, 0.15) is 18.0 Å². The minimum absolute atomic E-state index is 0.0860. The van der Waals surface area contributed by atoms with Crippen LogP contribution in [-0.2, 0) is 30.4 Å². The van der Waals surface area contributed by atoms with Gasteiger partial charge in [0.25, 0.3) is 5.69 Å². The summed E-state index contributed by atoms with van der Waals surface area (Å²) in [4.78, 5) is 23.6. The molecule has 0 aliphatic heterocycles. The van der Waals surface area contributed by atoms with Crippen LogP contribution in [0.1, 0.15) is 47.3 Å². The van der Waals surface area contributed by atoms with E-state index in [1.165, 1.54) is 12.1 Å². The van der Waals surface area contributed by atoms with Crippen LogP contribution < -0.4 is 10.1 Å². The highest BCUT2D eigenvalue weighted by atomic mass is 19.4. The first-order valence-electron chi connectivity index (χ1n) is 11.5. The van der Waals surface area contributed by atoms with Gasteiger partial charge in [-0.3, -0.25) is 19.6 Å². The van der Waals surface area contributed by atoms with Crippen molar-refractivity contribution in [3.05, 3.63) is 74.6 Å². The van der Waals surface area contributed by atoms with Crippen molar-refractivity contribution >= 4 is 17.3 Å². The molecule has 36 heavy (non-hydrogen) atoms. The number of fused-ring (bicyclic) bond motifs is 1. The predicted molar refractivity (Wildman–Crippen MR) is 126 cm³/mol. The number of carbonyl (C=O) groups excluding carboxylic acids is 1. The molecule has 1 amide bonds. The predicted octanol–water partition coefficient (Wildman–Crippen LogP) is 6.13. The number of benzene rings is 2. The minimum atomic E-state index is -4.61. The number of amides is 1. The Morgan fingerprint density at radius 2 is 1.72 bits per heavy atom. The molecule has 1 heterocycles. The fourth-order valence-electron chi connectivity index (χ4n) is 4.49. The van der Waals surface area contributed by atoms with Gasteiger partial charge in [-0.15, -0.1) is 0 Å². The first kappa shape index (κ1) is 25.2. The van der Waals surface area contributed by atoms with E-state index < -0.39 is 29.2 Å². The summed E-state index contributed by atoms with van der Waals surface area (Å²) in [5.41, 5.74) is 1.27. The van der Waals surface area contributed by atoms with E-state index in [9.17, 15) is 28.1 Å². The molecular weight excluding hydrogens is 477 g/mol. The molecule has 1 N–H and O–H groups in total. The molecule has 11 heteroatoms. The van der Waals surface area contributed by atoms with E-state index in [0.717, 1.165) is 28.3 Å². The quantitative estimate of drug-likeness (QED) is 0.248. The van der Waals surface area contributed by atoms with E-state index in [1.54, 1.807) is 12.1 Å². The van der Waals surface area contributed by atoms with Crippen LogP contribution in [-0.4, -0.2) is 20.6 Å². The number of hydrogen-bond donors (Lipinski definition) is 1. The molecular formula is C25H25F3N4O4. The smallest absolute Gasteiger partial charge is 0.435 e. The van der Waals surface area contributed by atoms with Gasteiger partial charge in [0.05, 0.1) is 16.7 Å². The molecule has 190 valence electrons. The van der Waals surface area contributed by atoms with Crippen LogP contribution in [0, 0.1) is 24.0 Å². The number of halogens is 3. The van der Waals surface area contributed by atoms with Gasteiger partial charge in [-0.2, -0.15) is 18.3 Å². The largest absolute Gasteiger partial charge is 0.457 e. The number of hydrogen-bond acceptors (Lipinski definition) is 5. The van der Waals surface area contributed by atoms with Crippen LogP contribution in [0.4, 0.5) is 24.5 Å². The molecule has 2 aromatic carbocycles. The van der Waals surface area contributed by atoms with E-state index in [0.29, 0.717) is 30.7 Å². The molecule has 0 saturated heterocycles. The summed E-state index contributed by atoms with van der Waals surface area (Å²) in [7, 11) is 0. The summed E-state index contributed by atoms with van der Waals surface area (Å²) in [5, 5.41) is 17.7. The summed E-state index contributed by atoms with van der Waals surface area (Å²) in [6.07, 6.45) is -1.82. The van der Waals surface area contributed by atoms with E-state index in [4.69, 9.17) is 4.74 Å². The van der Waals surface area contributed by atoms with Crippen LogP contribution >= 0.6 is 0 Å². The van der Waals surface area contributed by atoms with Gasteiger partial charge in [-0.05, 0) is 62.8 Å². The molecule has 1 aromatic heterocycles. The standard InChI is InChI=1S/C25H25F3N4O4/c1-15-8-16(2)10-19(9-15)36-20-12-17(11-18(13-20)32(34)35)29-23(33)14-31-22-7-5-3-4-6-21(22)24(30-31)25(26,27)28/h8-13H,3-7,14H2,1-2H3,(H,29,33). The third-order valence-corrected chi connectivity index (χ3v) is 5.89. The Bertz CT molecular complexity index is 1300. The number of aryl methyl sites for hydroxylation is 2. The first-order chi connectivity index (χ1) is 17.0. The average Bonchev–Trinajstić information content (AvgIpc) is 2.94. The van der Waals surface area contributed by atoms with Crippen LogP contribution in [0.25, 0.3) is 0 Å². The van der Waals surface area contributed by atoms with Crippen LogP contribution in [0.5, 0.6) is 11.5 Å². The summed E-state index contributed by atoms with van der Waals surface area (Å²) in [6.45, 7) is 3.33. The van der Waals surface area contributed by atoms with E-state index in [1.807, 2.05) is 19.9 Å². The van der Waals surface area contributed by atoms with Crippen molar-refractivity contribution in [3.8, 4) is 11.5 Å². The lowest BCUT2D eigenvalue weighted by molar-refractivity contribution is -0.384. The van der Waals surface area contributed by atoms with Crippen LogP contribution in [0.15, 0.2) is 36.4 Å². The Kier molecular flexibility index (Phi) is 7.00. The lowest BCUT2D eigenvalue weighted by atomic mass is 10.1. The molecule has 0 saturated carbocycles. The van der Waals surface area contributed by atoms with Crippen molar-refractivity contribution in [1.82, 2.24) is 9.78 Å². The lowest BCUT2D eigenvalue weighted by Gasteiger charge is -2.11. The summed E-state index contributed by atoms with van der Waals surface area (Å²) < 4.78 is 47.5. The number of rotatable bonds is 6. The molecule has 1 aliphatic carbocycles. The van der Waals surface area contributed by atoms with Crippen molar-refractivity contribution in [3.63, 3.8) is 0 Å². The number of nitro groups is 1. The van der Waals surface area contributed by atoms with Gasteiger partial charge in [-0.25, -0.2) is 0 Å². The maximum atomic E-state index is 13.5. The summed E-state index contributed by atoms with van der Waals surface area (Å²) >= 11 is 0. The van der Waals surface area contributed by atoms with Crippen molar-refractivity contribution in [2.24, 2.45) is 0 Å². The number of nitro benzene ring substituents is 1. The highest BCUT2D eigenvalue weighted by Crippen LogP contribution is 2.35. The number of nitrogens with zero attached hydrogens (tertiary/aromatic N) is 3. The normalized spacial score (nSPS) is 13.6. The van der Waals surface area contributed by atoms with E-state index in [2.05, 4.69) is 10.4 Å². The lowest BCUT2D eigenvalue weighted by Crippen LogP contribution is -2.21. The molecule has 0 radical (unpaired) electrons. The van der Waals surface area contributed by atoms with Crippen LogP contribution in [0.3, 0.4) is 0 Å². The molecule has 0 fully saturated rings. The molecule has 0 unspecified atom stereocenters. The van der Waals surface area contributed by atoms with E-state index in [-0.39, 0.29) is 29.1 Å². The zero-order valence-corrected chi connectivity index (χ0v) is 19.8. The van der Waals surface area contributed by atoms with Gasteiger partial charge in [0, 0.05) is 23.4 Å². The molecule has 0 bridgehead atoms. The SMILES string of the molecule is Cc1cc(C)cc(Oc2cc(NC(=O)Cn3nc(C(F)(F)F)c4c3CCCCC4)cc([N+](=O)[O-])c2)c1. The fraction of sp³-hybridized carbons (Fsp3) is 0.360.